The largest absolute Gasteiger partial charge is 0.508 e. The highest BCUT2D eigenvalue weighted by Crippen LogP contribution is 2.70. The highest BCUT2D eigenvalue weighted by molar-refractivity contribution is 5.76. The van der Waals surface area contributed by atoms with Gasteiger partial charge in [-0.1, -0.05) is 20.8 Å². The van der Waals surface area contributed by atoms with Gasteiger partial charge in [-0.15, -0.1) is 0 Å². The topological polar surface area (TPSA) is 67.8 Å². The number of aromatic hydroxyl groups is 1. The number of carbonyl (C=O) groups excluding carboxylic acids is 1. The zero-order valence-corrected chi connectivity index (χ0v) is 17.5. The van der Waals surface area contributed by atoms with Gasteiger partial charge in [0.05, 0.1) is 13.2 Å². The van der Waals surface area contributed by atoms with Gasteiger partial charge in [-0.25, -0.2) is 0 Å². The zero-order valence-electron chi connectivity index (χ0n) is 17.5. The van der Waals surface area contributed by atoms with E-state index >= 15 is 0 Å². The van der Waals surface area contributed by atoms with E-state index < -0.39 is 0 Å². The first-order valence-electron chi connectivity index (χ1n) is 10.6. The van der Waals surface area contributed by atoms with Gasteiger partial charge in [-0.2, -0.15) is 0 Å². The third-order valence-electron chi connectivity index (χ3n) is 7.83. The normalized spacial score (nSPS) is 35.4. The second-order valence-electron chi connectivity index (χ2n) is 9.51. The fourth-order valence-corrected chi connectivity index (χ4v) is 6.44. The first kappa shape index (κ1) is 19.6. The Morgan fingerprint density at radius 1 is 1.39 bits per heavy atom. The van der Waals surface area contributed by atoms with E-state index in [0.717, 1.165) is 37.0 Å². The molecule has 28 heavy (non-hydrogen) atoms. The molecule has 1 amide bonds. The van der Waals surface area contributed by atoms with Gasteiger partial charge in [0.15, 0.2) is 0 Å². The van der Waals surface area contributed by atoms with Crippen molar-refractivity contribution >= 4 is 5.91 Å². The van der Waals surface area contributed by atoms with Gasteiger partial charge in [0.25, 0.3) is 0 Å². The number of rotatable bonds is 5. The Kier molecular flexibility index (Phi) is 4.85. The Bertz CT molecular complexity index is 761. The summed E-state index contributed by atoms with van der Waals surface area (Å²) in [5, 5.41) is 14.0. The van der Waals surface area contributed by atoms with Crippen molar-refractivity contribution in [1.82, 2.24) is 5.32 Å². The van der Waals surface area contributed by atoms with Gasteiger partial charge in [-0.3, -0.25) is 4.79 Å². The highest BCUT2D eigenvalue weighted by Gasteiger charge is 2.68. The average molecular weight is 388 g/mol. The molecular weight excluding hydrogens is 354 g/mol. The Labute approximate surface area is 167 Å². The second kappa shape index (κ2) is 6.94. The van der Waals surface area contributed by atoms with Gasteiger partial charge >= 0.3 is 0 Å². The lowest BCUT2D eigenvalue weighted by Gasteiger charge is -2.53. The minimum absolute atomic E-state index is 0.0377. The highest BCUT2D eigenvalue weighted by atomic mass is 16.5. The van der Waals surface area contributed by atoms with Crippen LogP contribution in [-0.2, 0) is 9.53 Å². The SMILES string of the molecule is CCCC(=O)N[C@H]1C(C)(C)[C@@H]2C[C@@H]3[C@@H](c4cc(OC)ccc4O)OCCC31C2. The number of phenols is 1. The summed E-state index contributed by atoms with van der Waals surface area (Å²) in [6, 6.07) is 5.52. The molecule has 0 radical (unpaired) electrons. The predicted molar refractivity (Wildman–Crippen MR) is 107 cm³/mol. The molecule has 0 aromatic heterocycles. The number of fused-ring (bicyclic) bond motifs is 1. The van der Waals surface area contributed by atoms with Crippen LogP contribution in [0.15, 0.2) is 18.2 Å². The quantitative estimate of drug-likeness (QED) is 0.795. The van der Waals surface area contributed by atoms with Crippen LogP contribution in [0.3, 0.4) is 0 Å². The first-order valence-corrected chi connectivity index (χ1v) is 10.6. The van der Waals surface area contributed by atoms with Crippen LogP contribution in [0.25, 0.3) is 0 Å². The molecule has 1 saturated heterocycles. The monoisotopic (exact) mass is 387 g/mol. The predicted octanol–water partition coefficient (Wildman–Crippen LogP) is 4.20. The lowest BCUT2D eigenvalue weighted by molar-refractivity contribution is -0.137. The molecule has 2 N–H and O–H groups in total. The fourth-order valence-electron chi connectivity index (χ4n) is 6.44. The number of benzene rings is 1. The zero-order chi connectivity index (χ0) is 20.1. The van der Waals surface area contributed by atoms with Crippen molar-refractivity contribution in [3.8, 4) is 11.5 Å². The molecule has 1 unspecified atom stereocenters. The Hall–Kier alpha value is -1.75. The number of amides is 1. The maximum atomic E-state index is 12.5. The van der Waals surface area contributed by atoms with Gasteiger partial charge in [-0.05, 0) is 66.5 Å². The molecule has 2 bridgehead atoms. The average Bonchev–Trinajstić information content (AvgIpc) is 3.15. The molecule has 1 heterocycles. The van der Waals surface area contributed by atoms with E-state index in [4.69, 9.17) is 9.47 Å². The summed E-state index contributed by atoms with van der Waals surface area (Å²) in [5.74, 6) is 2.00. The van der Waals surface area contributed by atoms with Crippen LogP contribution >= 0.6 is 0 Å². The van der Waals surface area contributed by atoms with Crippen LogP contribution in [-0.4, -0.2) is 30.8 Å². The lowest BCUT2D eigenvalue weighted by Crippen LogP contribution is -2.58. The van der Waals surface area contributed by atoms with Crippen molar-refractivity contribution in [3.63, 3.8) is 0 Å². The molecule has 4 rings (SSSR count). The van der Waals surface area contributed by atoms with Crippen LogP contribution in [0.4, 0.5) is 0 Å². The summed E-state index contributed by atoms with van der Waals surface area (Å²) >= 11 is 0. The molecule has 1 aromatic rings. The Morgan fingerprint density at radius 2 is 2.18 bits per heavy atom. The molecule has 1 aliphatic heterocycles. The van der Waals surface area contributed by atoms with Gasteiger partial charge in [0.2, 0.25) is 5.91 Å². The van der Waals surface area contributed by atoms with Crippen molar-refractivity contribution in [3.05, 3.63) is 23.8 Å². The van der Waals surface area contributed by atoms with Crippen LogP contribution in [0, 0.1) is 22.7 Å². The summed E-state index contributed by atoms with van der Waals surface area (Å²) in [5.41, 5.74) is 0.932. The Balaban J connectivity index is 1.69. The van der Waals surface area contributed by atoms with Crippen molar-refractivity contribution in [2.45, 2.75) is 65.0 Å². The van der Waals surface area contributed by atoms with E-state index in [1.54, 1.807) is 19.2 Å². The third kappa shape index (κ3) is 2.81. The van der Waals surface area contributed by atoms with Gasteiger partial charge < -0.3 is 19.9 Å². The van der Waals surface area contributed by atoms with Crippen LogP contribution in [0.1, 0.15) is 64.5 Å². The number of carbonyl (C=O) groups is 1. The van der Waals surface area contributed by atoms with E-state index in [9.17, 15) is 9.90 Å². The molecule has 3 fully saturated rings. The summed E-state index contributed by atoms with van der Waals surface area (Å²) in [7, 11) is 1.64. The van der Waals surface area contributed by atoms with E-state index in [0.29, 0.717) is 24.9 Å². The summed E-state index contributed by atoms with van der Waals surface area (Å²) in [6.07, 6.45) is 4.46. The number of ether oxygens (including phenoxy) is 2. The minimum Gasteiger partial charge on any atom is -0.508 e. The van der Waals surface area contributed by atoms with Gasteiger partial charge in [0.1, 0.15) is 11.5 Å². The maximum absolute atomic E-state index is 12.5. The molecule has 2 aliphatic carbocycles. The summed E-state index contributed by atoms with van der Waals surface area (Å²) in [6.45, 7) is 7.32. The fraction of sp³-hybridized carbons (Fsp3) is 0.696. The lowest BCUT2D eigenvalue weighted by atomic mass is 9.58. The number of phenolic OH excluding ortho intramolecular Hbond substituents is 1. The molecule has 5 atom stereocenters. The van der Waals surface area contributed by atoms with E-state index in [-0.39, 0.29) is 34.6 Å². The van der Waals surface area contributed by atoms with Crippen LogP contribution in [0.5, 0.6) is 11.5 Å². The molecule has 5 nitrogen and oxygen atoms in total. The smallest absolute Gasteiger partial charge is 0.220 e. The molecule has 1 spiro atoms. The molecule has 3 aliphatic rings. The molecule has 2 saturated carbocycles. The molecule has 1 aromatic carbocycles. The number of nitrogens with one attached hydrogen (secondary N) is 1. The molecule has 154 valence electrons. The summed E-state index contributed by atoms with van der Waals surface area (Å²) in [4.78, 5) is 12.5. The van der Waals surface area contributed by atoms with Crippen molar-refractivity contribution in [2.75, 3.05) is 13.7 Å². The van der Waals surface area contributed by atoms with E-state index in [2.05, 4.69) is 19.2 Å². The van der Waals surface area contributed by atoms with Crippen molar-refractivity contribution < 1.29 is 19.4 Å². The standard InChI is InChI=1S/C23H33NO4/c1-5-6-19(26)24-21-22(2,3)14-11-17-20(28-10-9-23(17,21)13-14)16-12-15(27-4)7-8-18(16)25/h7-8,12,14,17,20-21,25H,5-6,9-11,13H2,1-4H3,(H,24,26)/t14-,17-,20-,21+,23?/m1/s1. The number of hydrogen-bond donors (Lipinski definition) is 2. The van der Waals surface area contributed by atoms with Crippen molar-refractivity contribution in [2.24, 2.45) is 22.7 Å². The summed E-state index contributed by atoms with van der Waals surface area (Å²) < 4.78 is 11.6. The second-order valence-corrected chi connectivity index (χ2v) is 9.51. The first-order chi connectivity index (χ1) is 13.3. The molecule has 5 heteroatoms. The van der Waals surface area contributed by atoms with Crippen molar-refractivity contribution in [1.29, 1.82) is 0 Å². The molecular formula is C23H33NO4. The Morgan fingerprint density at radius 3 is 2.89 bits per heavy atom. The maximum Gasteiger partial charge on any atom is 0.220 e. The van der Waals surface area contributed by atoms with E-state index in [1.807, 2.05) is 13.0 Å². The third-order valence-corrected chi connectivity index (χ3v) is 7.83. The van der Waals surface area contributed by atoms with Crippen LogP contribution < -0.4 is 10.1 Å². The van der Waals surface area contributed by atoms with E-state index in [1.165, 1.54) is 0 Å². The number of methoxy groups -OCH3 is 1. The number of hydrogen-bond acceptors (Lipinski definition) is 4. The van der Waals surface area contributed by atoms with Crippen LogP contribution in [0.2, 0.25) is 0 Å². The van der Waals surface area contributed by atoms with Gasteiger partial charge in [0, 0.05) is 24.6 Å². The minimum atomic E-state index is -0.157.